The number of alkyl halides is 3. The Hall–Kier alpha value is 0.290. The number of hydrogen-bond donors (Lipinski definition) is 1. The molecule has 0 aromatic carbocycles. The largest absolute Gasteiger partial charge is 0.403 e. The summed E-state index contributed by atoms with van der Waals surface area (Å²) in [7, 11) is 0. The Morgan fingerprint density at radius 1 is 1.14 bits per heavy atom. The lowest BCUT2D eigenvalue weighted by Gasteiger charge is -2.33. The molecule has 0 bridgehead atoms. The van der Waals surface area contributed by atoms with E-state index in [0.29, 0.717) is 26.2 Å². The first-order valence-electron chi connectivity index (χ1n) is 4.03. The predicted octanol–water partition coefficient (Wildman–Crippen LogP) is 1.69. The second kappa shape index (κ2) is 6.71. The van der Waals surface area contributed by atoms with Gasteiger partial charge >= 0.3 is 6.18 Å². The molecule has 88 valence electrons. The van der Waals surface area contributed by atoms with E-state index in [1.165, 1.54) is 11.8 Å². The smallest absolute Gasteiger partial charge is 0.314 e. The maximum absolute atomic E-state index is 12.2. The zero-order valence-corrected chi connectivity index (χ0v) is 9.44. The second-order valence-corrected chi connectivity index (χ2v) is 3.00. The Morgan fingerprint density at radius 2 is 1.57 bits per heavy atom. The molecule has 1 fully saturated rings. The lowest BCUT2D eigenvalue weighted by atomic mass is 10.2. The molecule has 0 radical (unpaired) electrons. The van der Waals surface area contributed by atoms with Crippen LogP contribution in [0.25, 0.3) is 0 Å². The fourth-order valence-electron chi connectivity index (χ4n) is 1.28. The molecule has 0 spiro atoms. The van der Waals surface area contributed by atoms with E-state index in [4.69, 9.17) is 0 Å². The van der Waals surface area contributed by atoms with Crippen LogP contribution in [0.1, 0.15) is 6.92 Å². The van der Waals surface area contributed by atoms with Crippen LogP contribution in [-0.2, 0) is 0 Å². The Labute approximate surface area is 94.0 Å². The predicted molar refractivity (Wildman–Crippen MR) is 54.5 cm³/mol. The Morgan fingerprint density at radius 3 is 1.93 bits per heavy atom. The van der Waals surface area contributed by atoms with E-state index >= 15 is 0 Å². The first kappa shape index (κ1) is 16.7. The summed E-state index contributed by atoms with van der Waals surface area (Å²) in [5.74, 6) is 0. The van der Waals surface area contributed by atoms with Gasteiger partial charge in [-0.25, -0.2) is 0 Å². The van der Waals surface area contributed by atoms with Gasteiger partial charge in [-0.1, -0.05) is 0 Å². The minimum absolute atomic E-state index is 0. The summed E-state index contributed by atoms with van der Waals surface area (Å²) in [4.78, 5) is 1.45. The Balaban J connectivity index is 0. The van der Waals surface area contributed by atoms with E-state index in [0.717, 1.165) is 0 Å². The van der Waals surface area contributed by atoms with E-state index in [2.05, 4.69) is 5.32 Å². The van der Waals surface area contributed by atoms with E-state index in [1.54, 1.807) is 0 Å². The van der Waals surface area contributed by atoms with Crippen molar-refractivity contribution >= 4 is 24.8 Å². The van der Waals surface area contributed by atoms with Crippen LogP contribution in [0.3, 0.4) is 0 Å². The molecule has 0 aromatic heterocycles. The van der Waals surface area contributed by atoms with Crippen molar-refractivity contribution in [2.75, 3.05) is 26.2 Å². The Bertz CT molecular complexity index is 148. The molecule has 0 unspecified atom stereocenters. The lowest BCUT2D eigenvalue weighted by molar-refractivity contribution is -0.179. The topological polar surface area (TPSA) is 15.3 Å². The van der Waals surface area contributed by atoms with Crippen LogP contribution in [-0.4, -0.2) is 43.3 Å². The van der Waals surface area contributed by atoms with Crippen molar-refractivity contribution in [1.82, 2.24) is 10.2 Å². The van der Waals surface area contributed by atoms with Crippen LogP contribution in [0.2, 0.25) is 0 Å². The molecule has 0 aliphatic carbocycles. The molecule has 1 aliphatic heterocycles. The molecule has 1 aliphatic rings. The van der Waals surface area contributed by atoms with Crippen molar-refractivity contribution in [1.29, 1.82) is 0 Å². The molecule has 0 saturated carbocycles. The molecule has 1 N–H and O–H groups in total. The minimum atomic E-state index is -4.09. The average Bonchev–Trinajstić information content (AvgIpc) is 2.03. The summed E-state index contributed by atoms with van der Waals surface area (Å²) in [6.45, 7) is 3.49. The molecule has 14 heavy (non-hydrogen) atoms. The molecule has 1 heterocycles. The van der Waals surface area contributed by atoms with E-state index < -0.39 is 12.2 Å². The van der Waals surface area contributed by atoms with Gasteiger partial charge in [0.05, 0.1) is 0 Å². The standard InChI is InChI=1S/C7H13F3N2.2ClH/c1-6(7(8,9)10)12-4-2-11-3-5-12;;/h6,11H,2-5H2,1H3;2*1H/t6-;;/m1../s1. The highest BCUT2D eigenvalue weighted by Gasteiger charge is 2.40. The third-order valence-corrected chi connectivity index (χ3v) is 2.17. The van der Waals surface area contributed by atoms with Gasteiger partial charge in [-0.05, 0) is 6.92 Å². The van der Waals surface area contributed by atoms with Gasteiger partial charge in [-0.2, -0.15) is 13.2 Å². The first-order chi connectivity index (χ1) is 5.52. The third kappa shape index (κ3) is 4.68. The maximum atomic E-state index is 12.2. The number of nitrogens with one attached hydrogen (secondary N) is 1. The molecule has 1 atom stereocenters. The summed E-state index contributed by atoms with van der Waals surface area (Å²) in [6.07, 6.45) is -4.09. The average molecular weight is 255 g/mol. The maximum Gasteiger partial charge on any atom is 0.403 e. The number of halogens is 5. The van der Waals surface area contributed by atoms with Crippen LogP contribution in [0.4, 0.5) is 13.2 Å². The van der Waals surface area contributed by atoms with E-state index in [-0.39, 0.29) is 24.8 Å². The normalized spacial score (nSPS) is 20.6. The zero-order valence-electron chi connectivity index (χ0n) is 7.80. The molecule has 1 rings (SSSR count). The van der Waals surface area contributed by atoms with Crippen molar-refractivity contribution in [2.45, 2.75) is 19.1 Å². The van der Waals surface area contributed by atoms with Crippen LogP contribution in [0.15, 0.2) is 0 Å². The molecule has 2 nitrogen and oxygen atoms in total. The number of hydrogen-bond acceptors (Lipinski definition) is 2. The van der Waals surface area contributed by atoms with Gasteiger partial charge in [-0.15, -0.1) is 24.8 Å². The molecule has 0 aromatic rings. The van der Waals surface area contributed by atoms with Crippen LogP contribution in [0.5, 0.6) is 0 Å². The quantitative estimate of drug-likeness (QED) is 0.767. The highest BCUT2D eigenvalue weighted by molar-refractivity contribution is 5.85. The molecule has 1 saturated heterocycles. The minimum Gasteiger partial charge on any atom is -0.314 e. The summed E-state index contributed by atoms with van der Waals surface area (Å²) in [5, 5.41) is 3.01. The van der Waals surface area contributed by atoms with Crippen molar-refractivity contribution in [2.24, 2.45) is 0 Å². The van der Waals surface area contributed by atoms with Gasteiger partial charge in [0.2, 0.25) is 0 Å². The van der Waals surface area contributed by atoms with Crippen LogP contribution < -0.4 is 5.32 Å². The lowest BCUT2D eigenvalue weighted by Crippen LogP contribution is -2.52. The highest BCUT2D eigenvalue weighted by atomic mass is 35.5. The first-order valence-corrected chi connectivity index (χ1v) is 4.03. The summed E-state index contributed by atoms with van der Waals surface area (Å²) < 4.78 is 36.5. The van der Waals surface area contributed by atoms with Crippen molar-refractivity contribution in [3.63, 3.8) is 0 Å². The highest BCUT2D eigenvalue weighted by Crippen LogP contribution is 2.24. The summed E-state index contributed by atoms with van der Waals surface area (Å²) in [6, 6.07) is -1.31. The van der Waals surface area contributed by atoms with Gasteiger partial charge in [0.15, 0.2) is 0 Å². The second-order valence-electron chi connectivity index (χ2n) is 3.00. The van der Waals surface area contributed by atoms with Gasteiger partial charge < -0.3 is 5.32 Å². The fourth-order valence-corrected chi connectivity index (χ4v) is 1.28. The molecular formula is C7H15Cl2F3N2. The number of piperazine rings is 1. The molecule has 7 heteroatoms. The van der Waals surface area contributed by atoms with Crippen LogP contribution in [0, 0.1) is 0 Å². The number of nitrogens with zero attached hydrogens (tertiary/aromatic N) is 1. The monoisotopic (exact) mass is 254 g/mol. The van der Waals surface area contributed by atoms with Gasteiger partial charge in [0, 0.05) is 26.2 Å². The van der Waals surface area contributed by atoms with Crippen molar-refractivity contribution in [3.8, 4) is 0 Å². The zero-order chi connectivity index (χ0) is 9.19. The van der Waals surface area contributed by atoms with Crippen molar-refractivity contribution < 1.29 is 13.2 Å². The van der Waals surface area contributed by atoms with Gasteiger partial charge in [0.1, 0.15) is 6.04 Å². The molecule has 0 amide bonds. The van der Waals surface area contributed by atoms with Crippen molar-refractivity contribution in [3.05, 3.63) is 0 Å². The molecular weight excluding hydrogens is 240 g/mol. The van der Waals surface area contributed by atoms with Gasteiger partial charge in [-0.3, -0.25) is 4.90 Å². The van der Waals surface area contributed by atoms with E-state index in [9.17, 15) is 13.2 Å². The SMILES string of the molecule is C[C@@H](N1CCNCC1)C(F)(F)F.Cl.Cl. The summed E-state index contributed by atoms with van der Waals surface area (Å²) >= 11 is 0. The van der Waals surface area contributed by atoms with Crippen LogP contribution >= 0.6 is 24.8 Å². The summed E-state index contributed by atoms with van der Waals surface area (Å²) in [5.41, 5.74) is 0. The fraction of sp³-hybridized carbons (Fsp3) is 1.00. The Kier molecular flexibility index (Phi) is 8.01. The third-order valence-electron chi connectivity index (χ3n) is 2.17. The van der Waals surface area contributed by atoms with E-state index in [1.807, 2.05) is 0 Å². The van der Waals surface area contributed by atoms with Gasteiger partial charge in [0.25, 0.3) is 0 Å². The number of rotatable bonds is 1.